The van der Waals surface area contributed by atoms with Crippen molar-refractivity contribution in [1.29, 1.82) is 0 Å². The van der Waals surface area contributed by atoms with Crippen LogP contribution in [0.3, 0.4) is 0 Å². The molecule has 102 valence electrons. The van der Waals surface area contributed by atoms with E-state index < -0.39 is 11.4 Å². The van der Waals surface area contributed by atoms with Gasteiger partial charge in [-0.25, -0.2) is 9.37 Å². The largest absolute Gasteiger partial charge is 0.388 e. The molecule has 6 heteroatoms. The van der Waals surface area contributed by atoms with Crippen LogP contribution >= 0.6 is 15.9 Å². The van der Waals surface area contributed by atoms with Crippen molar-refractivity contribution in [2.24, 2.45) is 0 Å². The molecule has 1 heterocycles. The maximum Gasteiger partial charge on any atom is 0.261 e. The molecule has 0 aliphatic heterocycles. The summed E-state index contributed by atoms with van der Waals surface area (Å²) >= 11 is 3.15. The lowest BCUT2D eigenvalue weighted by Crippen LogP contribution is -2.35. The molecule has 2 aromatic rings. The fourth-order valence-corrected chi connectivity index (χ4v) is 2.22. The lowest BCUT2D eigenvalue weighted by atomic mass is 10.0. The summed E-state index contributed by atoms with van der Waals surface area (Å²) in [7, 11) is 0. The molecular formula is C13H14BrFN2O2. The van der Waals surface area contributed by atoms with E-state index in [-0.39, 0.29) is 23.0 Å². The van der Waals surface area contributed by atoms with Gasteiger partial charge in [0.05, 0.1) is 23.9 Å². The normalized spacial score (nSPS) is 14.6. The van der Waals surface area contributed by atoms with Crippen molar-refractivity contribution in [2.75, 3.05) is 0 Å². The first kappa shape index (κ1) is 14.1. The van der Waals surface area contributed by atoms with Crippen LogP contribution in [0.25, 0.3) is 10.9 Å². The van der Waals surface area contributed by atoms with Crippen LogP contribution in [0.15, 0.2) is 27.7 Å². The quantitative estimate of drug-likeness (QED) is 0.941. The number of rotatable bonds is 3. The van der Waals surface area contributed by atoms with Gasteiger partial charge in [0.2, 0.25) is 0 Å². The predicted molar refractivity (Wildman–Crippen MR) is 74.6 cm³/mol. The third-order valence-electron chi connectivity index (χ3n) is 3.12. The number of halogens is 2. The Hall–Kier alpha value is -1.27. The van der Waals surface area contributed by atoms with Gasteiger partial charge in [0.15, 0.2) is 5.82 Å². The molecular weight excluding hydrogens is 315 g/mol. The Kier molecular flexibility index (Phi) is 3.73. The van der Waals surface area contributed by atoms with Crippen LogP contribution in [0.1, 0.15) is 20.3 Å². The van der Waals surface area contributed by atoms with E-state index in [1.807, 2.05) is 6.92 Å². The standard InChI is InChI=1S/C13H14BrFN2O2/c1-3-13(2,19)6-17-7-16-11-9(12(17)18)4-8(14)5-10(11)15/h4-5,7,19H,3,6H2,1-2H3/t13-/m1/s1. The molecule has 4 nitrogen and oxygen atoms in total. The molecule has 0 spiro atoms. The van der Waals surface area contributed by atoms with Gasteiger partial charge < -0.3 is 5.11 Å². The van der Waals surface area contributed by atoms with Gasteiger partial charge in [0.1, 0.15) is 5.52 Å². The second-order valence-corrected chi connectivity index (χ2v) is 5.73. The van der Waals surface area contributed by atoms with E-state index >= 15 is 0 Å². The van der Waals surface area contributed by atoms with Gasteiger partial charge in [-0.1, -0.05) is 22.9 Å². The van der Waals surface area contributed by atoms with E-state index in [4.69, 9.17) is 0 Å². The first-order valence-electron chi connectivity index (χ1n) is 5.90. The summed E-state index contributed by atoms with van der Waals surface area (Å²) in [6, 6.07) is 2.80. The van der Waals surface area contributed by atoms with Gasteiger partial charge in [-0.2, -0.15) is 0 Å². The molecule has 0 unspecified atom stereocenters. The SMILES string of the molecule is CC[C@@](C)(O)Cn1cnc2c(F)cc(Br)cc2c1=O. The fourth-order valence-electron chi connectivity index (χ4n) is 1.79. The van der Waals surface area contributed by atoms with Gasteiger partial charge in [-0.05, 0) is 25.5 Å². The highest BCUT2D eigenvalue weighted by atomic mass is 79.9. The third kappa shape index (κ3) is 2.84. The van der Waals surface area contributed by atoms with Crippen LogP contribution in [-0.4, -0.2) is 20.3 Å². The molecule has 0 radical (unpaired) electrons. The van der Waals surface area contributed by atoms with E-state index in [1.54, 1.807) is 6.92 Å². The number of fused-ring (bicyclic) bond motifs is 1. The molecule has 0 aliphatic rings. The Labute approximate surface area is 118 Å². The number of benzene rings is 1. The maximum absolute atomic E-state index is 13.7. The van der Waals surface area contributed by atoms with Crippen LogP contribution < -0.4 is 5.56 Å². The number of hydrogen-bond donors (Lipinski definition) is 1. The summed E-state index contributed by atoms with van der Waals surface area (Å²) < 4.78 is 15.5. The highest BCUT2D eigenvalue weighted by Crippen LogP contribution is 2.19. The molecule has 1 N–H and O–H groups in total. The summed E-state index contributed by atoms with van der Waals surface area (Å²) in [6.45, 7) is 3.60. The summed E-state index contributed by atoms with van der Waals surface area (Å²) in [6.07, 6.45) is 1.77. The Bertz CT molecular complexity index is 682. The highest BCUT2D eigenvalue weighted by Gasteiger charge is 2.20. The van der Waals surface area contributed by atoms with Crippen molar-refractivity contribution in [3.63, 3.8) is 0 Å². The van der Waals surface area contributed by atoms with E-state index in [1.165, 1.54) is 23.0 Å². The first-order chi connectivity index (χ1) is 8.84. The zero-order valence-corrected chi connectivity index (χ0v) is 12.2. The summed E-state index contributed by atoms with van der Waals surface area (Å²) in [5, 5.41) is 10.2. The molecule has 19 heavy (non-hydrogen) atoms. The summed E-state index contributed by atoms with van der Waals surface area (Å²) in [5.74, 6) is -0.545. The van der Waals surface area contributed by atoms with E-state index in [9.17, 15) is 14.3 Å². The summed E-state index contributed by atoms with van der Waals surface area (Å²) in [5.41, 5.74) is -1.32. The van der Waals surface area contributed by atoms with Crippen LogP contribution in [0.5, 0.6) is 0 Å². The third-order valence-corrected chi connectivity index (χ3v) is 3.58. The van der Waals surface area contributed by atoms with E-state index in [0.717, 1.165) is 0 Å². The predicted octanol–water partition coefficient (Wildman–Crippen LogP) is 2.46. The molecule has 1 aromatic carbocycles. The lowest BCUT2D eigenvalue weighted by Gasteiger charge is -2.22. The molecule has 0 saturated carbocycles. The van der Waals surface area contributed by atoms with Gasteiger partial charge in [-0.3, -0.25) is 9.36 Å². The molecule has 0 saturated heterocycles. The van der Waals surface area contributed by atoms with Crippen molar-refractivity contribution in [3.8, 4) is 0 Å². The van der Waals surface area contributed by atoms with Crippen molar-refractivity contribution in [3.05, 3.63) is 39.1 Å². The molecule has 0 bridgehead atoms. The number of aromatic nitrogens is 2. The number of aliphatic hydroxyl groups is 1. The lowest BCUT2D eigenvalue weighted by molar-refractivity contribution is 0.0368. The van der Waals surface area contributed by atoms with Crippen molar-refractivity contribution < 1.29 is 9.50 Å². The summed E-state index contributed by atoms with van der Waals surface area (Å²) in [4.78, 5) is 16.2. The average Bonchev–Trinajstić information content (AvgIpc) is 2.33. The first-order valence-corrected chi connectivity index (χ1v) is 6.70. The minimum atomic E-state index is -0.996. The topological polar surface area (TPSA) is 55.1 Å². The number of hydrogen-bond acceptors (Lipinski definition) is 3. The second-order valence-electron chi connectivity index (χ2n) is 4.81. The molecule has 0 aliphatic carbocycles. The minimum Gasteiger partial charge on any atom is -0.388 e. The van der Waals surface area contributed by atoms with Crippen LogP contribution in [0, 0.1) is 5.82 Å². The maximum atomic E-state index is 13.7. The average molecular weight is 329 g/mol. The van der Waals surface area contributed by atoms with Gasteiger partial charge in [0.25, 0.3) is 5.56 Å². The fraction of sp³-hybridized carbons (Fsp3) is 0.385. The Morgan fingerprint density at radius 1 is 1.53 bits per heavy atom. The molecule has 2 rings (SSSR count). The van der Waals surface area contributed by atoms with Crippen molar-refractivity contribution in [1.82, 2.24) is 9.55 Å². The van der Waals surface area contributed by atoms with E-state index in [2.05, 4.69) is 20.9 Å². The smallest absolute Gasteiger partial charge is 0.261 e. The Morgan fingerprint density at radius 3 is 2.84 bits per heavy atom. The van der Waals surface area contributed by atoms with Crippen molar-refractivity contribution >= 4 is 26.8 Å². The molecule has 1 aromatic heterocycles. The highest BCUT2D eigenvalue weighted by molar-refractivity contribution is 9.10. The van der Waals surface area contributed by atoms with Crippen molar-refractivity contribution in [2.45, 2.75) is 32.4 Å². The molecule has 0 fully saturated rings. The zero-order chi connectivity index (χ0) is 14.2. The van der Waals surface area contributed by atoms with Crippen LogP contribution in [0.2, 0.25) is 0 Å². The van der Waals surface area contributed by atoms with Gasteiger partial charge in [0, 0.05) is 4.47 Å². The number of nitrogens with zero attached hydrogens (tertiary/aromatic N) is 2. The van der Waals surface area contributed by atoms with Crippen LogP contribution in [-0.2, 0) is 6.54 Å². The van der Waals surface area contributed by atoms with Gasteiger partial charge in [-0.15, -0.1) is 0 Å². The molecule has 1 atom stereocenters. The van der Waals surface area contributed by atoms with E-state index in [0.29, 0.717) is 10.9 Å². The monoisotopic (exact) mass is 328 g/mol. The Morgan fingerprint density at radius 2 is 2.21 bits per heavy atom. The van der Waals surface area contributed by atoms with Gasteiger partial charge >= 0.3 is 0 Å². The molecule has 0 amide bonds. The second kappa shape index (κ2) is 5.02. The minimum absolute atomic E-state index is 0.0422. The zero-order valence-electron chi connectivity index (χ0n) is 10.7. The van der Waals surface area contributed by atoms with Crippen LogP contribution in [0.4, 0.5) is 4.39 Å². The Balaban J connectivity index is 2.61.